The molecule has 2 aromatic heterocycles. The number of nitrogen functional groups attached to an aromatic ring is 1. The molecule has 0 bridgehead atoms. The van der Waals surface area contributed by atoms with Crippen molar-refractivity contribution in [1.29, 1.82) is 0 Å². The van der Waals surface area contributed by atoms with Crippen molar-refractivity contribution in [2.45, 2.75) is 0 Å². The summed E-state index contributed by atoms with van der Waals surface area (Å²) < 4.78 is 5.18. The summed E-state index contributed by atoms with van der Waals surface area (Å²) in [5.74, 6) is 0.324. The Morgan fingerprint density at radius 1 is 1.30 bits per heavy atom. The zero-order valence-electron chi connectivity index (χ0n) is 10.2. The van der Waals surface area contributed by atoms with Gasteiger partial charge in [-0.3, -0.25) is 9.89 Å². The summed E-state index contributed by atoms with van der Waals surface area (Å²) >= 11 is 0. The van der Waals surface area contributed by atoms with E-state index in [0.29, 0.717) is 11.4 Å². The highest BCUT2D eigenvalue weighted by atomic mass is 16.3. The van der Waals surface area contributed by atoms with Crippen LogP contribution in [-0.2, 0) is 0 Å². The molecule has 3 rings (SSSR count). The molecule has 0 spiro atoms. The number of rotatable bonds is 3. The molecule has 2 heterocycles. The number of nitrogens with one attached hydrogen (secondary N) is 2. The van der Waals surface area contributed by atoms with Crippen LogP contribution in [0.15, 0.2) is 41.3 Å². The highest BCUT2D eigenvalue weighted by Crippen LogP contribution is 2.20. The Kier molecular flexibility index (Phi) is 2.88. The first kappa shape index (κ1) is 11.9. The molecule has 0 saturated heterocycles. The lowest BCUT2D eigenvalue weighted by Crippen LogP contribution is -2.13. The third-order valence-electron chi connectivity index (χ3n) is 2.58. The molecule has 0 aliphatic heterocycles. The van der Waals surface area contributed by atoms with Gasteiger partial charge < -0.3 is 15.5 Å². The van der Waals surface area contributed by atoms with Gasteiger partial charge in [-0.15, -0.1) is 5.10 Å². The number of hydrogen-bond acceptors (Lipinski definition) is 6. The van der Waals surface area contributed by atoms with Gasteiger partial charge in [-0.25, -0.2) is 4.98 Å². The number of carbonyl (C=O) groups is 1. The Morgan fingerprint density at radius 3 is 2.70 bits per heavy atom. The quantitative estimate of drug-likeness (QED) is 0.659. The normalized spacial score (nSPS) is 10.4. The molecule has 8 nitrogen and oxygen atoms in total. The van der Waals surface area contributed by atoms with E-state index in [1.165, 1.54) is 6.39 Å². The van der Waals surface area contributed by atoms with E-state index in [1.807, 2.05) is 12.1 Å². The van der Waals surface area contributed by atoms with Crippen molar-refractivity contribution in [3.8, 4) is 11.3 Å². The minimum Gasteiger partial charge on any atom is -0.444 e. The van der Waals surface area contributed by atoms with E-state index >= 15 is 0 Å². The number of nitrogens with zero attached hydrogens (tertiary/aromatic N) is 3. The summed E-state index contributed by atoms with van der Waals surface area (Å²) in [6.45, 7) is 0. The standard InChI is InChI=1S/C12H10N6O2/c13-12-16-10(17-18-12)11(19)15-8-3-1-7(2-4-8)9-5-14-6-20-9/h1-6H,(H,15,19)(H3,13,16,17,18). The van der Waals surface area contributed by atoms with E-state index in [9.17, 15) is 4.79 Å². The smallest absolute Gasteiger partial charge is 0.293 e. The maximum absolute atomic E-state index is 11.8. The fourth-order valence-corrected chi connectivity index (χ4v) is 1.64. The molecule has 0 unspecified atom stereocenters. The fraction of sp³-hybridized carbons (Fsp3) is 0. The first-order valence-corrected chi connectivity index (χ1v) is 5.70. The zero-order valence-corrected chi connectivity index (χ0v) is 10.2. The number of anilines is 2. The van der Waals surface area contributed by atoms with Crippen LogP contribution in [0.1, 0.15) is 10.6 Å². The number of oxazole rings is 1. The summed E-state index contributed by atoms with van der Waals surface area (Å²) in [4.78, 5) is 19.4. The minimum atomic E-state index is -0.415. The Bertz CT molecular complexity index is 717. The Balaban J connectivity index is 1.74. The largest absolute Gasteiger partial charge is 0.444 e. The highest BCUT2D eigenvalue weighted by molar-refractivity contribution is 6.01. The number of carbonyl (C=O) groups excluding carboxylic acids is 1. The minimum absolute atomic E-state index is 0.0239. The molecule has 0 saturated carbocycles. The maximum atomic E-state index is 11.8. The molecule has 20 heavy (non-hydrogen) atoms. The van der Waals surface area contributed by atoms with Gasteiger partial charge in [-0.1, -0.05) is 0 Å². The van der Waals surface area contributed by atoms with Gasteiger partial charge in [0.1, 0.15) is 0 Å². The lowest BCUT2D eigenvalue weighted by Gasteiger charge is -2.03. The molecule has 4 N–H and O–H groups in total. The molecular formula is C12H10N6O2. The molecule has 0 radical (unpaired) electrons. The van der Waals surface area contributed by atoms with Crippen molar-refractivity contribution in [3.05, 3.63) is 42.7 Å². The zero-order chi connectivity index (χ0) is 13.9. The van der Waals surface area contributed by atoms with Crippen molar-refractivity contribution in [2.24, 2.45) is 0 Å². The van der Waals surface area contributed by atoms with Gasteiger partial charge in [-0.2, -0.15) is 4.98 Å². The van der Waals surface area contributed by atoms with Crippen LogP contribution in [0, 0.1) is 0 Å². The summed E-state index contributed by atoms with van der Waals surface area (Å²) in [6, 6.07) is 7.11. The summed E-state index contributed by atoms with van der Waals surface area (Å²) in [5, 5.41) is 8.70. The summed E-state index contributed by atoms with van der Waals surface area (Å²) in [6.07, 6.45) is 2.98. The third kappa shape index (κ3) is 2.34. The Labute approximate surface area is 113 Å². The number of benzene rings is 1. The number of hydrogen-bond donors (Lipinski definition) is 3. The van der Waals surface area contributed by atoms with E-state index < -0.39 is 5.91 Å². The van der Waals surface area contributed by atoms with Crippen LogP contribution in [0.5, 0.6) is 0 Å². The van der Waals surface area contributed by atoms with Gasteiger partial charge in [0.25, 0.3) is 5.91 Å². The summed E-state index contributed by atoms with van der Waals surface area (Å²) in [7, 11) is 0. The monoisotopic (exact) mass is 270 g/mol. The van der Waals surface area contributed by atoms with Gasteiger partial charge in [0.2, 0.25) is 11.8 Å². The van der Waals surface area contributed by atoms with Crippen molar-refractivity contribution in [2.75, 3.05) is 11.1 Å². The second-order valence-corrected chi connectivity index (χ2v) is 3.94. The topological polar surface area (TPSA) is 123 Å². The SMILES string of the molecule is Nc1n[nH]c(C(=O)Nc2ccc(-c3cnco3)cc2)n1. The number of amides is 1. The van der Waals surface area contributed by atoms with Crippen LogP contribution in [0.4, 0.5) is 11.6 Å². The number of H-pyrrole nitrogens is 1. The number of nitrogens with two attached hydrogens (primary N) is 1. The average Bonchev–Trinajstić information content (AvgIpc) is 3.10. The average molecular weight is 270 g/mol. The molecule has 100 valence electrons. The van der Waals surface area contributed by atoms with Gasteiger partial charge in [0.05, 0.1) is 6.20 Å². The van der Waals surface area contributed by atoms with Gasteiger partial charge in [0, 0.05) is 11.3 Å². The van der Waals surface area contributed by atoms with Crippen molar-refractivity contribution < 1.29 is 9.21 Å². The third-order valence-corrected chi connectivity index (χ3v) is 2.58. The first-order chi connectivity index (χ1) is 9.72. The van der Waals surface area contributed by atoms with E-state index in [-0.39, 0.29) is 11.8 Å². The maximum Gasteiger partial charge on any atom is 0.293 e. The molecule has 0 atom stereocenters. The van der Waals surface area contributed by atoms with E-state index in [4.69, 9.17) is 10.2 Å². The highest BCUT2D eigenvalue weighted by Gasteiger charge is 2.11. The molecular weight excluding hydrogens is 260 g/mol. The van der Waals surface area contributed by atoms with Crippen molar-refractivity contribution >= 4 is 17.5 Å². The van der Waals surface area contributed by atoms with Crippen molar-refractivity contribution in [3.63, 3.8) is 0 Å². The van der Waals surface area contributed by atoms with E-state index in [2.05, 4.69) is 25.5 Å². The van der Waals surface area contributed by atoms with Crippen LogP contribution in [-0.4, -0.2) is 26.1 Å². The fourth-order valence-electron chi connectivity index (χ4n) is 1.64. The number of aromatic nitrogens is 4. The predicted octanol–water partition coefficient (Wildman–Crippen LogP) is 1.29. The molecule has 0 fully saturated rings. The molecule has 3 aromatic rings. The molecule has 0 aliphatic carbocycles. The van der Waals surface area contributed by atoms with Crippen LogP contribution in [0.25, 0.3) is 11.3 Å². The lowest BCUT2D eigenvalue weighted by atomic mass is 10.1. The van der Waals surface area contributed by atoms with Gasteiger partial charge in [-0.05, 0) is 24.3 Å². The lowest BCUT2D eigenvalue weighted by molar-refractivity contribution is 0.101. The van der Waals surface area contributed by atoms with Gasteiger partial charge in [0.15, 0.2) is 12.2 Å². The molecule has 8 heteroatoms. The second-order valence-electron chi connectivity index (χ2n) is 3.94. The predicted molar refractivity (Wildman–Crippen MR) is 70.7 cm³/mol. The summed E-state index contributed by atoms with van der Waals surface area (Å²) in [5.41, 5.74) is 6.82. The molecule has 1 amide bonds. The second kappa shape index (κ2) is 4.84. The van der Waals surface area contributed by atoms with Crippen molar-refractivity contribution in [1.82, 2.24) is 20.2 Å². The van der Waals surface area contributed by atoms with Crippen LogP contribution < -0.4 is 11.1 Å². The van der Waals surface area contributed by atoms with Crippen LogP contribution >= 0.6 is 0 Å². The van der Waals surface area contributed by atoms with Crippen LogP contribution in [0.2, 0.25) is 0 Å². The molecule has 0 aliphatic rings. The van der Waals surface area contributed by atoms with Crippen LogP contribution in [0.3, 0.4) is 0 Å². The van der Waals surface area contributed by atoms with E-state index in [0.717, 1.165) is 5.56 Å². The Morgan fingerprint density at radius 2 is 2.10 bits per heavy atom. The first-order valence-electron chi connectivity index (χ1n) is 5.70. The number of aromatic amines is 1. The molecule has 1 aromatic carbocycles. The van der Waals surface area contributed by atoms with Gasteiger partial charge >= 0.3 is 0 Å². The van der Waals surface area contributed by atoms with E-state index in [1.54, 1.807) is 18.3 Å². The Hall–Kier alpha value is -3.16.